The number of nitrogens with zero attached hydrogens (tertiary/aromatic N) is 3. The Bertz CT molecular complexity index is 534. The van der Waals surface area contributed by atoms with Crippen LogP contribution in [0, 0.1) is 0 Å². The molecule has 2 aliphatic rings. The molecule has 0 saturated carbocycles. The van der Waals surface area contributed by atoms with Crippen LogP contribution in [0.25, 0.3) is 5.57 Å². The number of hydrogen-bond donors (Lipinski definition) is 1. The Balaban J connectivity index is 1.87. The van der Waals surface area contributed by atoms with E-state index in [9.17, 15) is 0 Å². The molecule has 2 N–H and O–H groups in total. The van der Waals surface area contributed by atoms with Gasteiger partial charge in [0.15, 0.2) is 0 Å². The number of allylic oxidation sites excluding steroid dienone is 1. The van der Waals surface area contributed by atoms with E-state index in [0.29, 0.717) is 0 Å². The van der Waals surface area contributed by atoms with Crippen LogP contribution in [-0.2, 0) is 4.74 Å². The van der Waals surface area contributed by atoms with Crippen molar-refractivity contribution in [2.45, 2.75) is 19.0 Å². The first kappa shape index (κ1) is 13.4. The third-order valence-electron chi connectivity index (χ3n) is 3.99. The lowest BCUT2D eigenvalue weighted by Crippen LogP contribution is -2.61. The van der Waals surface area contributed by atoms with E-state index in [1.54, 1.807) is 6.20 Å². The van der Waals surface area contributed by atoms with Crippen LogP contribution in [0.15, 0.2) is 35.2 Å². The zero-order valence-electron chi connectivity index (χ0n) is 11.7. The highest BCUT2D eigenvalue weighted by molar-refractivity contribution is 5.82. The third-order valence-corrected chi connectivity index (χ3v) is 3.99. The van der Waals surface area contributed by atoms with Gasteiger partial charge in [-0.1, -0.05) is 6.07 Å². The van der Waals surface area contributed by atoms with E-state index in [0.717, 1.165) is 44.0 Å². The zero-order chi connectivity index (χ0) is 14.0. The number of ether oxygens (including phenoxy) is 1. The fraction of sp³-hybridized carbons (Fsp3) is 0.467. The van der Waals surface area contributed by atoms with Gasteiger partial charge in [-0.2, -0.15) is 0 Å². The Morgan fingerprint density at radius 1 is 1.35 bits per heavy atom. The van der Waals surface area contributed by atoms with E-state index in [2.05, 4.69) is 20.9 Å². The van der Waals surface area contributed by atoms with Gasteiger partial charge >= 0.3 is 0 Å². The molecule has 1 aromatic heterocycles. The normalized spacial score (nSPS) is 27.9. The third kappa shape index (κ3) is 2.52. The van der Waals surface area contributed by atoms with Crippen LogP contribution >= 0.6 is 0 Å². The van der Waals surface area contributed by atoms with Crippen molar-refractivity contribution < 1.29 is 4.74 Å². The largest absolute Gasteiger partial charge is 0.379 e. The van der Waals surface area contributed by atoms with Crippen LogP contribution in [0.4, 0.5) is 0 Å². The summed E-state index contributed by atoms with van der Waals surface area (Å²) < 4.78 is 5.40. The van der Waals surface area contributed by atoms with Crippen molar-refractivity contribution in [2.75, 3.05) is 26.3 Å². The SMILES string of the molecule is CC1=C(c2cccnc2)CC(N)(N2CCOCC2)C=N1. The van der Waals surface area contributed by atoms with Gasteiger partial charge in [0.2, 0.25) is 0 Å². The smallest absolute Gasteiger partial charge is 0.110 e. The lowest BCUT2D eigenvalue weighted by molar-refractivity contribution is 0.00433. The fourth-order valence-electron chi connectivity index (χ4n) is 2.77. The second kappa shape index (κ2) is 5.44. The Labute approximate surface area is 119 Å². The maximum atomic E-state index is 6.59. The number of pyridine rings is 1. The van der Waals surface area contributed by atoms with Gasteiger partial charge in [-0.3, -0.25) is 14.9 Å². The van der Waals surface area contributed by atoms with Gasteiger partial charge in [0.25, 0.3) is 0 Å². The minimum absolute atomic E-state index is 0.519. The molecule has 0 bridgehead atoms. The standard InChI is InChI=1S/C15H20N4O/c1-12-14(13-3-2-4-17-10-13)9-15(16,11-18-12)19-5-7-20-8-6-19/h2-4,10-11H,5-9,16H2,1H3. The average Bonchev–Trinajstić information content (AvgIpc) is 2.52. The maximum Gasteiger partial charge on any atom is 0.110 e. The second-order valence-corrected chi connectivity index (χ2v) is 5.33. The van der Waals surface area contributed by atoms with E-state index in [1.165, 1.54) is 5.57 Å². The predicted molar refractivity (Wildman–Crippen MR) is 79.3 cm³/mol. The van der Waals surface area contributed by atoms with Crippen LogP contribution in [-0.4, -0.2) is 48.1 Å². The molecule has 3 heterocycles. The van der Waals surface area contributed by atoms with Gasteiger partial charge in [-0.15, -0.1) is 0 Å². The molecular weight excluding hydrogens is 252 g/mol. The molecule has 0 aliphatic carbocycles. The topological polar surface area (TPSA) is 63.7 Å². The lowest BCUT2D eigenvalue weighted by Gasteiger charge is -2.42. The molecule has 1 unspecified atom stereocenters. The fourth-order valence-corrected chi connectivity index (χ4v) is 2.77. The van der Waals surface area contributed by atoms with Gasteiger partial charge in [-0.25, -0.2) is 0 Å². The Morgan fingerprint density at radius 3 is 2.85 bits per heavy atom. The number of morpholine rings is 1. The van der Waals surface area contributed by atoms with E-state index in [1.807, 2.05) is 25.4 Å². The highest BCUT2D eigenvalue weighted by atomic mass is 16.5. The molecule has 1 saturated heterocycles. The van der Waals surface area contributed by atoms with Gasteiger partial charge < -0.3 is 10.5 Å². The summed E-state index contributed by atoms with van der Waals surface area (Å²) in [6.45, 7) is 5.19. The number of nitrogens with two attached hydrogens (primary N) is 1. The summed E-state index contributed by atoms with van der Waals surface area (Å²) in [6.07, 6.45) is 6.30. The van der Waals surface area contributed by atoms with E-state index in [-0.39, 0.29) is 0 Å². The number of aliphatic imine (C=N–C) groups is 1. The van der Waals surface area contributed by atoms with Crippen molar-refractivity contribution >= 4 is 11.8 Å². The van der Waals surface area contributed by atoms with E-state index in [4.69, 9.17) is 10.5 Å². The first-order valence-corrected chi connectivity index (χ1v) is 6.96. The molecule has 0 radical (unpaired) electrons. The molecule has 5 nitrogen and oxygen atoms in total. The van der Waals surface area contributed by atoms with E-state index >= 15 is 0 Å². The highest BCUT2D eigenvalue weighted by Gasteiger charge is 2.35. The summed E-state index contributed by atoms with van der Waals surface area (Å²) in [6, 6.07) is 4.01. The summed E-state index contributed by atoms with van der Waals surface area (Å²) in [5.41, 5.74) is 9.37. The van der Waals surface area contributed by atoms with Gasteiger partial charge in [0.1, 0.15) is 5.66 Å². The molecule has 20 heavy (non-hydrogen) atoms. The summed E-state index contributed by atoms with van der Waals surface area (Å²) >= 11 is 0. The summed E-state index contributed by atoms with van der Waals surface area (Å²) in [7, 11) is 0. The molecule has 3 rings (SSSR count). The molecule has 1 atom stereocenters. The molecule has 0 spiro atoms. The van der Waals surface area contributed by atoms with Crippen LogP contribution in [0.1, 0.15) is 18.9 Å². The van der Waals surface area contributed by atoms with Crippen LogP contribution < -0.4 is 5.73 Å². The molecule has 1 fully saturated rings. The monoisotopic (exact) mass is 272 g/mol. The molecule has 2 aliphatic heterocycles. The summed E-state index contributed by atoms with van der Waals surface area (Å²) in [4.78, 5) is 11.0. The second-order valence-electron chi connectivity index (χ2n) is 5.33. The molecule has 5 heteroatoms. The number of aromatic nitrogens is 1. The lowest BCUT2D eigenvalue weighted by atomic mass is 9.91. The Kier molecular flexibility index (Phi) is 3.65. The van der Waals surface area contributed by atoms with Crippen molar-refractivity contribution in [3.63, 3.8) is 0 Å². The predicted octanol–water partition coefficient (Wildman–Crippen LogP) is 1.27. The van der Waals surface area contributed by atoms with E-state index < -0.39 is 5.66 Å². The van der Waals surface area contributed by atoms with Gasteiger partial charge in [0.05, 0.1) is 13.2 Å². The Hall–Kier alpha value is -1.56. The van der Waals surface area contributed by atoms with Crippen LogP contribution in [0.5, 0.6) is 0 Å². The van der Waals surface area contributed by atoms with Crippen LogP contribution in [0.3, 0.4) is 0 Å². The minimum Gasteiger partial charge on any atom is -0.379 e. The molecule has 0 aromatic carbocycles. The quantitative estimate of drug-likeness (QED) is 0.880. The van der Waals surface area contributed by atoms with Crippen molar-refractivity contribution in [2.24, 2.45) is 10.7 Å². The van der Waals surface area contributed by atoms with Crippen molar-refractivity contribution in [3.8, 4) is 0 Å². The summed E-state index contributed by atoms with van der Waals surface area (Å²) in [5.74, 6) is 0. The first-order chi connectivity index (χ1) is 9.69. The zero-order valence-corrected chi connectivity index (χ0v) is 11.7. The highest BCUT2D eigenvalue weighted by Crippen LogP contribution is 2.32. The Morgan fingerprint density at radius 2 is 2.15 bits per heavy atom. The molecule has 1 aromatic rings. The van der Waals surface area contributed by atoms with Crippen molar-refractivity contribution in [1.29, 1.82) is 0 Å². The molecular formula is C15H20N4O. The first-order valence-electron chi connectivity index (χ1n) is 6.96. The van der Waals surface area contributed by atoms with Crippen molar-refractivity contribution in [1.82, 2.24) is 9.88 Å². The maximum absolute atomic E-state index is 6.59. The average molecular weight is 272 g/mol. The van der Waals surface area contributed by atoms with Crippen molar-refractivity contribution in [3.05, 3.63) is 35.8 Å². The van der Waals surface area contributed by atoms with Gasteiger partial charge in [-0.05, 0) is 24.1 Å². The number of rotatable bonds is 2. The molecule has 0 amide bonds. The molecule has 106 valence electrons. The minimum atomic E-state index is -0.519. The number of hydrogen-bond acceptors (Lipinski definition) is 5. The van der Waals surface area contributed by atoms with Gasteiger partial charge in [0, 0.05) is 43.8 Å². The van der Waals surface area contributed by atoms with Crippen LogP contribution in [0.2, 0.25) is 0 Å². The summed E-state index contributed by atoms with van der Waals surface area (Å²) in [5, 5.41) is 0.